The molecule has 1 amide bonds. The van der Waals surface area contributed by atoms with Crippen molar-refractivity contribution in [1.29, 1.82) is 0 Å². The first-order valence-electron chi connectivity index (χ1n) is 4.32. The molecule has 14 heavy (non-hydrogen) atoms. The van der Waals surface area contributed by atoms with E-state index in [1.54, 1.807) is 7.11 Å². The second-order valence-electron chi connectivity index (χ2n) is 2.83. The van der Waals surface area contributed by atoms with E-state index in [1.807, 2.05) is 24.3 Å². The maximum Gasteiger partial charge on any atom is 0.275 e. The number of ether oxygens (including phenoxy) is 1. The van der Waals surface area contributed by atoms with Crippen molar-refractivity contribution in [2.45, 2.75) is 6.42 Å². The predicted octanol–water partition coefficient (Wildman–Crippen LogP) is 1.88. The number of thiol groups is 1. The van der Waals surface area contributed by atoms with E-state index in [0.717, 1.165) is 17.7 Å². The fourth-order valence-corrected chi connectivity index (χ4v) is 1.22. The Morgan fingerprint density at radius 3 is 2.57 bits per heavy atom. The molecule has 1 rings (SSSR count). The highest BCUT2D eigenvalue weighted by atomic mass is 32.1. The molecule has 0 saturated carbocycles. The lowest BCUT2D eigenvalue weighted by atomic mass is 10.1. The lowest BCUT2D eigenvalue weighted by Gasteiger charge is -2.03. The molecule has 0 unspecified atom stereocenters. The molecule has 0 saturated heterocycles. The van der Waals surface area contributed by atoms with E-state index in [1.165, 1.54) is 0 Å². The van der Waals surface area contributed by atoms with Crippen molar-refractivity contribution in [2.75, 3.05) is 13.7 Å². The van der Waals surface area contributed by atoms with E-state index in [2.05, 4.69) is 17.9 Å². The molecule has 3 nitrogen and oxygen atoms in total. The van der Waals surface area contributed by atoms with Gasteiger partial charge in [-0.3, -0.25) is 4.79 Å². The number of methoxy groups -OCH3 is 1. The van der Waals surface area contributed by atoms with Crippen molar-refractivity contribution >= 4 is 17.9 Å². The van der Waals surface area contributed by atoms with Gasteiger partial charge in [-0.25, -0.2) is 0 Å². The lowest BCUT2D eigenvalue weighted by Crippen LogP contribution is -2.19. The monoisotopic (exact) mass is 211 g/mol. The van der Waals surface area contributed by atoms with Gasteiger partial charge < -0.3 is 10.1 Å². The Morgan fingerprint density at radius 2 is 2.07 bits per heavy atom. The van der Waals surface area contributed by atoms with Gasteiger partial charge in [0.2, 0.25) is 0 Å². The number of nitrogens with one attached hydrogen (secondary N) is 1. The van der Waals surface area contributed by atoms with Crippen LogP contribution in [0.15, 0.2) is 24.3 Å². The predicted molar refractivity (Wildman–Crippen MR) is 59.1 cm³/mol. The summed E-state index contributed by atoms with van der Waals surface area (Å²) in [5.41, 5.74) is 1.16. The number of hydrogen-bond donors (Lipinski definition) is 2. The summed E-state index contributed by atoms with van der Waals surface area (Å²) in [4.78, 5) is 10.5. The molecule has 1 aromatic carbocycles. The molecule has 1 aromatic rings. The quantitative estimate of drug-likeness (QED) is 0.746. The van der Waals surface area contributed by atoms with Crippen LogP contribution < -0.4 is 10.1 Å². The Kier molecular flexibility index (Phi) is 4.32. The summed E-state index contributed by atoms with van der Waals surface area (Å²) < 4.78 is 5.03. The molecule has 0 radical (unpaired) electrons. The molecule has 0 aliphatic rings. The van der Waals surface area contributed by atoms with E-state index in [9.17, 15) is 4.79 Å². The van der Waals surface area contributed by atoms with Gasteiger partial charge >= 0.3 is 0 Å². The Morgan fingerprint density at radius 1 is 1.43 bits per heavy atom. The van der Waals surface area contributed by atoms with Crippen LogP contribution in [0.1, 0.15) is 5.56 Å². The van der Waals surface area contributed by atoms with Gasteiger partial charge in [0, 0.05) is 6.54 Å². The zero-order valence-corrected chi connectivity index (χ0v) is 8.88. The summed E-state index contributed by atoms with van der Waals surface area (Å²) in [5, 5.41) is 2.32. The highest BCUT2D eigenvalue weighted by molar-refractivity contribution is 7.96. The zero-order chi connectivity index (χ0) is 10.4. The molecule has 1 N–H and O–H groups in total. The summed E-state index contributed by atoms with van der Waals surface area (Å²) >= 11 is 3.61. The third-order valence-electron chi connectivity index (χ3n) is 1.85. The second-order valence-corrected chi connectivity index (χ2v) is 3.24. The fraction of sp³-hybridized carbons (Fsp3) is 0.300. The van der Waals surface area contributed by atoms with E-state index < -0.39 is 0 Å². The minimum absolute atomic E-state index is 0.293. The van der Waals surface area contributed by atoms with E-state index in [-0.39, 0.29) is 5.24 Å². The van der Waals surface area contributed by atoms with Crippen LogP contribution in [0.3, 0.4) is 0 Å². The SMILES string of the molecule is COc1ccc(CCNC(=O)S)cc1. The van der Waals surface area contributed by atoms with Gasteiger partial charge in [-0.2, -0.15) is 0 Å². The average molecular weight is 211 g/mol. The first kappa shape index (κ1) is 10.9. The van der Waals surface area contributed by atoms with Crippen LogP contribution in [0.5, 0.6) is 5.75 Å². The molecule has 0 spiro atoms. The fourth-order valence-electron chi connectivity index (χ4n) is 1.11. The van der Waals surface area contributed by atoms with Gasteiger partial charge in [-0.05, 0) is 24.1 Å². The van der Waals surface area contributed by atoms with Crippen molar-refractivity contribution in [3.05, 3.63) is 29.8 Å². The topological polar surface area (TPSA) is 38.3 Å². The van der Waals surface area contributed by atoms with Crippen molar-refractivity contribution in [3.8, 4) is 5.75 Å². The summed E-state index contributed by atoms with van der Waals surface area (Å²) in [6.45, 7) is 0.606. The van der Waals surface area contributed by atoms with Gasteiger partial charge in [0.05, 0.1) is 7.11 Å². The lowest BCUT2D eigenvalue weighted by molar-refractivity contribution is 0.261. The van der Waals surface area contributed by atoms with Crippen molar-refractivity contribution < 1.29 is 9.53 Å². The number of carbonyl (C=O) groups is 1. The average Bonchev–Trinajstić information content (AvgIpc) is 2.18. The molecule has 0 aliphatic carbocycles. The first-order chi connectivity index (χ1) is 6.72. The van der Waals surface area contributed by atoms with Crippen LogP contribution in [-0.2, 0) is 6.42 Å². The maximum atomic E-state index is 10.5. The number of rotatable bonds is 4. The van der Waals surface area contributed by atoms with E-state index in [4.69, 9.17) is 4.74 Å². The van der Waals surface area contributed by atoms with Crippen molar-refractivity contribution in [3.63, 3.8) is 0 Å². The smallest absolute Gasteiger partial charge is 0.275 e. The standard InChI is InChI=1S/C10H13NO2S/c1-13-9-4-2-8(3-5-9)6-7-11-10(12)14/h2-5H,6-7H2,1H3,(H2,11,12,14). The summed E-state index contributed by atoms with van der Waals surface area (Å²) in [7, 11) is 1.64. The Labute approximate surface area is 88.9 Å². The summed E-state index contributed by atoms with van der Waals surface area (Å²) in [6.07, 6.45) is 0.802. The molecular weight excluding hydrogens is 198 g/mol. The molecule has 0 fully saturated rings. The van der Waals surface area contributed by atoms with Crippen LogP contribution in [-0.4, -0.2) is 18.9 Å². The third kappa shape index (κ3) is 3.70. The molecular formula is C10H13NO2S. The molecule has 0 aromatic heterocycles. The highest BCUT2D eigenvalue weighted by Gasteiger charge is 1.95. The largest absolute Gasteiger partial charge is 0.497 e. The minimum Gasteiger partial charge on any atom is -0.497 e. The van der Waals surface area contributed by atoms with E-state index >= 15 is 0 Å². The Bertz CT molecular complexity index is 297. The maximum absolute atomic E-state index is 10.5. The Balaban J connectivity index is 2.40. The molecule has 0 aliphatic heterocycles. The van der Waals surface area contributed by atoms with Crippen molar-refractivity contribution in [2.24, 2.45) is 0 Å². The number of benzene rings is 1. The molecule has 76 valence electrons. The Hall–Kier alpha value is -1.16. The first-order valence-corrected chi connectivity index (χ1v) is 4.77. The zero-order valence-electron chi connectivity index (χ0n) is 7.99. The van der Waals surface area contributed by atoms with Gasteiger partial charge in [0.25, 0.3) is 5.24 Å². The molecule has 0 bridgehead atoms. The van der Waals surface area contributed by atoms with Crippen LogP contribution >= 0.6 is 12.6 Å². The van der Waals surface area contributed by atoms with Crippen LogP contribution in [0.25, 0.3) is 0 Å². The highest BCUT2D eigenvalue weighted by Crippen LogP contribution is 2.11. The third-order valence-corrected chi connectivity index (χ3v) is 2.01. The normalized spacial score (nSPS) is 9.57. The van der Waals surface area contributed by atoms with Crippen LogP contribution in [0.4, 0.5) is 4.79 Å². The minimum atomic E-state index is -0.293. The van der Waals surface area contributed by atoms with Gasteiger partial charge in [-0.1, -0.05) is 24.8 Å². The molecule has 4 heteroatoms. The molecule has 0 atom stereocenters. The number of hydrogen-bond acceptors (Lipinski definition) is 2. The molecule has 0 heterocycles. The number of carbonyl (C=O) groups excluding carboxylic acids is 1. The summed E-state index contributed by atoms with van der Waals surface area (Å²) in [5.74, 6) is 0.840. The van der Waals surface area contributed by atoms with Gasteiger partial charge in [-0.15, -0.1) is 0 Å². The summed E-state index contributed by atoms with van der Waals surface area (Å²) in [6, 6.07) is 7.75. The van der Waals surface area contributed by atoms with E-state index in [0.29, 0.717) is 6.54 Å². The van der Waals surface area contributed by atoms with Crippen LogP contribution in [0.2, 0.25) is 0 Å². The second kappa shape index (κ2) is 5.54. The van der Waals surface area contributed by atoms with Crippen molar-refractivity contribution in [1.82, 2.24) is 5.32 Å². The number of amides is 1. The van der Waals surface area contributed by atoms with Crippen LogP contribution in [0, 0.1) is 0 Å². The van der Waals surface area contributed by atoms with Gasteiger partial charge in [0.15, 0.2) is 0 Å². The van der Waals surface area contributed by atoms with Gasteiger partial charge in [0.1, 0.15) is 5.75 Å².